The number of rotatable bonds is 3. The lowest BCUT2D eigenvalue weighted by Crippen LogP contribution is -1.86. The molecule has 0 amide bonds. The summed E-state index contributed by atoms with van der Waals surface area (Å²) in [6, 6.07) is 5.70. The molecule has 0 bridgehead atoms. The van der Waals surface area contributed by atoms with Crippen molar-refractivity contribution in [3.05, 3.63) is 23.9 Å². The highest BCUT2D eigenvalue weighted by molar-refractivity contribution is 7.80. The highest BCUT2D eigenvalue weighted by Crippen LogP contribution is 2.23. The quantitative estimate of drug-likeness (QED) is 0.788. The number of thiol groups is 1. The van der Waals surface area contributed by atoms with Crippen molar-refractivity contribution in [2.45, 2.75) is 6.42 Å². The Morgan fingerprint density at radius 1 is 1.50 bits per heavy atom. The number of aryl methyl sites for hydroxylation is 1. The minimum Gasteiger partial charge on any atom is -0.497 e. The molecule has 0 aliphatic carbocycles. The first-order valence-corrected chi connectivity index (χ1v) is 5.01. The van der Waals surface area contributed by atoms with Crippen molar-refractivity contribution >= 4 is 23.6 Å². The molecule has 0 spiro atoms. The average Bonchev–Trinajstić information content (AvgIpc) is 2.61. The van der Waals surface area contributed by atoms with E-state index in [1.807, 2.05) is 18.2 Å². The molecule has 2 rings (SSSR count). The summed E-state index contributed by atoms with van der Waals surface area (Å²) in [4.78, 5) is 0. The van der Waals surface area contributed by atoms with Crippen LogP contribution in [-0.4, -0.2) is 18.0 Å². The van der Waals surface area contributed by atoms with E-state index in [2.05, 4.69) is 17.8 Å². The van der Waals surface area contributed by atoms with E-state index in [0.29, 0.717) is 0 Å². The van der Waals surface area contributed by atoms with Gasteiger partial charge in [0.25, 0.3) is 0 Å². The summed E-state index contributed by atoms with van der Waals surface area (Å²) in [5.74, 6) is 1.55. The third-order valence-electron chi connectivity index (χ3n) is 2.10. The molecule has 0 N–H and O–H groups in total. The van der Waals surface area contributed by atoms with E-state index in [4.69, 9.17) is 9.26 Å². The van der Waals surface area contributed by atoms with Gasteiger partial charge in [0.2, 0.25) is 0 Å². The van der Waals surface area contributed by atoms with Crippen molar-refractivity contribution < 1.29 is 9.26 Å². The maximum absolute atomic E-state index is 5.18. The molecule has 0 fully saturated rings. The van der Waals surface area contributed by atoms with Gasteiger partial charge in [-0.05, 0) is 17.9 Å². The van der Waals surface area contributed by atoms with Crippen molar-refractivity contribution in [2.24, 2.45) is 0 Å². The van der Waals surface area contributed by atoms with Crippen LogP contribution in [0, 0.1) is 0 Å². The van der Waals surface area contributed by atoms with Crippen LogP contribution in [0.2, 0.25) is 0 Å². The van der Waals surface area contributed by atoms with E-state index in [-0.39, 0.29) is 0 Å². The van der Waals surface area contributed by atoms with Gasteiger partial charge in [-0.25, -0.2) is 0 Å². The van der Waals surface area contributed by atoms with Crippen LogP contribution >= 0.6 is 12.6 Å². The molecule has 0 unspecified atom stereocenters. The molecular weight excluding hydrogens is 198 g/mol. The van der Waals surface area contributed by atoms with Gasteiger partial charge in [0.05, 0.1) is 12.8 Å². The van der Waals surface area contributed by atoms with Crippen molar-refractivity contribution in [3.8, 4) is 5.75 Å². The van der Waals surface area contributed by atoms with Crippen LogP contribution in [0.1, 0.15) is 5.69 Å². The van der Waals surface area contributed by atoms with Crippen molar-refractivity contribution in [1.29, 1.82) is 0 Å². The Balaban J connectivity index is 2.48. The van der Waals surface area contributed by atoms with Crippen LogP contribution < -0.4 is 4.74 Å². The fourth-order valence-corrected chi connectivity index (χ4v) is 1.60. The summed E-state index contributed by atoms with van der Waals surface area (Å²) in [7, 11) is 1.63. The lowest BCUT2D eigenvalue weighted by atomic mass is 10.2. The second-order valence-corrected chi connectivity index (χ2v) is 3.41. The summed E-state index contributed by atoms with van der Waals surface area (Å²) < 4.78 is 10.3. The smallest absolute Gasteiger partial charge is 0.170 e. The zero-order chi connectivity index (χ0) is 9.97. The van der Waals surface area contributed by atoms with Crippen molar-refractivity contribution in [2.75, 3.05) is 12.9 Å². The SMILES string of the molecule is COc1ccc2c(CCS)noc2c1. The average molecular weight is 209 g/mol. The van der Waals surface area contributed by atoms with E-state index in [1.54, 1.807) is 7.11 Å². The molecule has 1 heterocycles. The highest BCUT2D eigenvalue weighted by atomic mass is 32.1. The molecule has 0 aliphatic rings. The molecule has 1 aromatic heterocycles. The van der Waals surface area contributed by atoms with Crippen LogP contribution in [0.25, 0.3) is 11.0 Å². The normalized spacial score (nSPS) is 10.7. The largest absolute Gasteiger partial charge is 0.497 e. The number of benzene rings is 1. The number of methoxy groups -OCH3 is 1. The first-order chi connectivity index (χ1) is 6.85. The van der Waals surface area contributed by atoms with E-state index >= 15 is 0 Å². The standard InChI is InChI=1S/C10H11NO2S/c1-12-7-2-3-8-9(4-5-14)11-13-10(8)6-7/h2-3,6,14H,4-5H2,1H3. The second-order valence-electron chi connectivity index (χ2n) is 2.96. The molecule has 0 saturated carbocycles. The zero-order valence-electron chi connectivity index (χ0n) is 7.86. The summed E-state index contributed by atoms with van der Waals surface area (Å²) in [6.07, 6.45) is 0.822. The van der Waals surface area contributed by atoms with Gasteiger partial charge in [-0.3, -0.25) is 0 Å². The Morgan fingerprint density at radius 3 is 3.07 bits per heavy atom. The predicted octanol–water partition coefficient (Wildman–Crippen LogP) is 2.31. The van der Waals surface area contributed by atoms with E-state index in [0.717, 1.165) is 34.6 Å². The maximum atomic E-state index is 5.18. The molecule has 0 radical (unpaired) electrons. The van der Waals surface area contributed by atoms with Crippen LogP contribution in [0.3, 0.4) is 0 Å². The maximum Gasteiger partial charge on any atom is 0.170 e. The molecule has 0 atom stereocenters. The van der Waals surface area contributed by atoms with Gasteiger partial charge in [0.1, 0.15) is 5.75 Å². The van der Waals surface area contributed by atoms with E-state index < -0.39 is 0 Å². The van der Waals surface area contributed by atoms with Crippen LogP contribution in [-0.2, 0) is 6.42 Å². The van der Waals surface area contributed by atoms with Gasteiger partial charge in [0.15, 0.2) is 5.58 Å². The molecule has 14 heavy (non-hydrogen) atoms. The Morgan fingerprint density at radius 2 is 2.36 bits per heavy atom. The van der Waals surface area contributed by atoms with Gasteiger partial charge in [0, 0.05) is 17.9 Å². The van der Waals surface area contributed by atoms with Crippen LogP contribution in [0.5, 0.6) is 5.75 Å². The fourth-order valence-electron chi connectivity index (χ4n) is 1.38. The van der Waals surface area contributed by atoms with E-state index in [9.17, 15) is 0 Å². The number of fused-ring (bicyclic) bond motifs is 1. The zero-order valence-corrected chi connectivity index (χ0v) is 8.75. The summed E-state index contributed by atoms with van der Waals surface area (Å²) >= 11 is 4.16. The molecular formula is C10H11NO2S. The first-order valence-electron chi connectivity index (χ1n) is 4.38. The van der Waals surface area contributed by atoms with Crippen LogP contribution in [0.15, 0.2) is 22.7 Å². The van der Waals surface area contributed by atoms with Crippen LogP contribution in [0.4, 0.5) is 0 Å². The monoisotopic (exact) mass is 209 g/mol. The predicted molar refractivity (Wildman–Crippen MR) is 58.1 cm³/mol. The number of hydrogen-bond donors (Lipinski definition) is 1. The third kappa shape index (κ3) is 1.57. The molecule has 74 valence electrons. The summed E-state index contributed by atoms with van der Waals surface area (Å²) in [5, 5.41) is 5.02. The van der Waals surface area contributed by atoms with Crippen molar-refractivity contribution in [3.63, 3.8) is 0 Å². The second kappa shape index (κ2) is 3.92. The van der Waals surface area contributed by atoms with Gasteiger partial charge >= 0.3 is 0 Å². The Hall–Kier alpha value is -1.16. The molecule has 1 aromatic carbocycles. The van der Waals surface area contributed by atoms with Crippen molar-refractivity contribution in [1.82, 2.24) is 5.16 Å². The van der Waals surface area contributed by atoms with Gasteiger partial charge < -0.3 is 9.26 Å². The number of nitrogens with zero attached hydrogens (tertiary/aromatic N) is 1. The Labute approximate surface area is 87.4 Å². The molecule has 0 saturated heterocycles. The minimum absolute atomic E-state index is 0.765. The highest BCUT2D eigenvalue weighted by Gasteiger charge is 2.07. The minimum atomic E-state index is 0.765. The van der Waals surface area contributed by atoms with Gasteiger partial charge in [-0.1, -0.05) is 5.16 Å². The third-order valence-corrected chi connectivity index (χ3v) is 2.33. The molecule has 3 nitrogen and oxygen atoms in total. The van der Waals surface area contributed by atoms with Gasteiger partial charge in [-0.2, -0.15) is 12.6 Å². The molecule has 4 heteroatoms. The fraction of sp³-hybridized carbons (Fsp3) is 0.300. The van der Waals surface area contributed by atoms with Gasteiger partial charge in [-0.15, -0.1) is 0 Å². The Bertz CT molecular complexity index is 439. The Kier molecular flexibility index (Phi) is 2.63. The number of hydrogen-bond acceptors (Lipinski definition) is 4. The number of ether oxygens (including phenoxy) is 1. The van der Waals surface area contributed by atoms with E-state index in [1.165, 1.54) is 0 Å². The number of aromatic nitrogens is 1. The molecule has 2 aromatic rings. The first kappa shape index (κ1) is 9.40. The lowest BCUT2D eigenvalue weighted by molar-refractivity contribution is 0.411. The topological polar surface area (TPSA) is 35.3 Å². The molecule has 0 aliphatic heterocycles. The summed E-state index contributed by atoms with van der Waals surface area (Å²) in [5.41, 5.74) is 1.72. The lowest BCUT2D eigenvalue weighted by Gasteiger charge is -1.97. The summed E-state index contributed by atoms with van der Waals surface area (Å²) in [6.45, 7) is 0.